The van der Waals surface area contributed by atoms with E-state index in [9.17, 15) is 0 Å². The van der Waals surface area contributed by atoms with E-state index in [1.807, 2.05) is 0 Å². The monoisotopic (exact) mass is 483 g/mol. The maximum atomic E-state index is 0. The van der Waals surface area contributed by atoms with Crippen LogP contribution < -0.4 is 0 Å². The van der Waals surface area contributed by atoms with E-state index in [1.165, 1.54) is 0 Å². The summed E-state index contributed by atoms with van der Waals surface area (Å²) in [5.41, 5.74) is 0. The van der Waals surface area contributed by atoms with Crippen LogP contribution in [0.15, 0.2) is 0 Å². The Morgan fingerprint density at radius 1 is 0.214 bits per heavy atom. The molecule has 18 N–H and O–H groups in total. The van der Waals surface area contributed by atoms with E-state index < -0.39 is 0 Å². The van der Waals surface area contributed by atoms with E-state index >= 15 is 0 Å². The van der Waals surface area contributed by atoms with Crippen LogP contribution in [0.5, 0.6) is 0 Å². The molecule has 0 heterocycles. The number of hydrogen-bond acceptors (Lipinski definition) is 0. The van der Waals surface area contributed by atoms with Crippen molar-refractivity contribution in [2.45, 2.75) is 0 Å². The molecule has 0 fully saturated rings. The summed E-state index contributed by atoms with van der Waals surface area (Å²) in [5, 5.41) is 0. The molecule has 87 valence electrons. The summed E-state index contributed by atoms with van der Waals surface area (Å²) < 4.78 is 0. The second kappa shape index (κ2) is 271. The standard InChI is InChI=1S/2Al.9H2O.3Y/h;;9*1H2;;;. The fourth-order valence-electron chi connectivity index (χ4n) is 0. The topological polar surface area (TPSA) is 284 Å². The van der Waals surface area contributed by atoms with Gasteiger partial charge in [-0.1, -0.05) is 0 Å². The minimum Gasteiger partial charge on any atom is -0.412 e. The fraction of sp³-hybridized carbons (Fsp3) is 0. The molecule has 0 rings (SSSR count). The smallest absolute Gasteiger partial charge is 0 e. The Bertz CT molecular complexity index is 18.0. The first-order valence-electron chi connectivity index (χ1n) is 0. The quantitative estimate of drug-likeness (QED) is 0.290. The van der Waals surface area contributed by atoms with E-state index in [0.29, 0.717) is 0 Å². The van der Waals surface area contributed by atoms with Crippen molar-refractivity contribution in [1.29, 1.82) is 0 Å². The predicted octanol–water partition coefficient (Wildman–Crippen LogP) is -8.19. The van der Waals surface area contributed by atoms with Crippen LogP contribution in [-0.4, -0.2) is 84.0 Å². The van der Waals surface area contributed by atoms with Gasteiger partial charge in [0.1, 0.15) is 0 Å². The first-order valence-corrected chi connectivity index (χ1v) is 0. The molecule has 0 bridgehead atoms. The Kier molecular flexibility index (Phi) is 6250. The van der Waals surface area contributed by atoms with Crippen LogP contribution in [0.3, 0.4) is 0 Å². The predicted molar refractivity (Wildman–Crippen MR) is 44.0 cm³/mol. The molecule has 0 aromatic carbocycles. The van der Waals surface area contributed by atoms with Gasteiger partial charge in [-0.3, -0.25) is 0 Å². The molecule has 0 saturated carbocycles. The molecule has 9 nitrogen and oxygen atoms in total. The molecule has 0 aromatic rings. The number of hydrogen-bond donors (Lipinski definition) is 0. The van der Waals surface area contributed by atoms with Gasteiger partial charge in [0.25, 0.3) is 0 Å². The van der Waals surface area contributed by atoms with Gasteiger partial charge in [0.15, 0.2) is 0 Å². The van der Waals surface area contributed by atoms with E-state index in [0.717, 1.165) is 0 Å². The molecule has 9 radical (unpaired) electrons. The third-order valence-electron chi connectivity index (χ3n) is 0. The normalized spacial score (nSPS) is 0. The Morgan fingerprint density at radius 2 is 0.214 bits per heavy atom. The van der Waals surface area contributed by atoms with Crippen molar-refractivity contribution < 1.29 is 147 Å². The summed E-state index contributed by atoms with van der Waals surface area (Å²) in [6.45, 7) is 0. The molecular formula is H18Al2O9Y3. The summed E-state index contributed by atoms with van der Waals surface area (Å²) >= 11 is 0. The third kappa shape index (κ3) is 224. The minimum absolute atomic E-state index is 0. The molecule has 14 heteroatoms. The maximum Gasteiger partial charge on any atom is 0 e. The molecule has 0 amide bonds. The van der Waals surface area contributed by atoms with Crippen LogP contribution in [0.1, 0.15) is 0 Å². The van der Waals surface area contributed by atoms with Crippen molar-refractivity contribution in [2.24, 2.45) is 0 Å². The van der Waals surface area contributed by atoms with E-state index in [1.54, 1.807) is 0 Å². The fourth-order valence-corrected chi connectivity index (χ4v) is 0. The van der Waals surface area contributed by atoms with Crippen molar-refractivity contribution in [3.63, 3.8) is 0 Å². The Balaban J connectivity index is 0. The first-order chi connectivity index (χ1) is 0. The van der Waals surface area contributed by atoms with Crippen LogP contribution in [-0.2, 0) is 98.1 Å². The van der Waals surface area contributed by atoms with Gasteiger partial charge in [-0.15, -0.1) is 0 Å². The molecule has 0 aliphatic carbocycles. The average molecular weight is 483 g/mol. The third-order valence-corrected chi connectivity index (χ3v) is 0. The van der Waals surface area contributed by atoms with Crippen LogP contribution in [0.25, 0.3) is 0 Å². The van der Waals surface area contributed by atoms with Crippen molar-refractivity contribution in [3.8, 4) is 0 Å². The zero-order valence-electron chi connectivity index (χ0n) is 7.39. The van der Waals surface area contributed by atoms with Gasteiger partial charge >= 0.3 is 0 Å². The van der Waals surface area contributed by atoms with Gasteiger partial charge in [-0.25, -0.2) is 0 Å². The summed E-state index contributed by atoms with van der Waals surface area (Å²) in [5.74, 6) is 0. The largest absolute Gasteiger partial charge is 0.412 e. The summed E-state index contributed by atoms with van der Waals surface area (Å²) in [4.78, 5) is 0. The summed E-state index contributed by atoms with van der Waals surface area (Å²) in [6.07, 6.45) is 0. The SMILES string of the molecule is O.O.O.O.O.O.O.O.O.[Al].[Al].[Y].[Y].[Y]. The zero-order chi connectivity index (χ0) is 0. The van der Waals surface area contributed by atoms with Gasteiger partial charge in [-0.05, 0) is 0 Å². The molecule has 0 spiro atoms. The molecule has 0 unspecified atom stereocenters. The molecule has 0 atom stereocenters. The van der Waals surface area contributed by atoms with Crippen LogP contribution in [0, 0.1) is 0 Å². The molecule has 14 heavy (non-hydrogen) atoms. The average Bonchev–Trinajstić information content (AvgIpc) is 0. The van der Waals surface area contributed by atoms with Crippen molar-refractivity contribution in [3.05, 3.63) is 0 Å². The second-order valence-electron chi connectivity index (χ2n) is 0. The first kappa shape index (κ1) is 323. The van der Waals surface area contributed by atoms with E-state index in [-0.39, 0.29) is 182 Å². The molecule has 0 aliphatic rings. The van der Waals surface area contributed by atoms with Crippen molar-refractivity contribution in [2.75, 3.05) is 0 Å². The van der Waals surface area contributed by atoms with Crippen molar-refractivity contribution in [1.82, 2.24) is 0 Å². The van der Waals surface area contributed by atoms with Crippen LogP contribution in [0.2, 0.25) is 0 Å². The Morgan fingerprint density at radius 3 is 0.214 bits per heavy atom. The summed E-state index contributed by atoms with van der Waals surface area (Å²) in [7, 11) is 0. The molecule has 0 aromatic heterocycles. The zero-order valence-corrected chi connectivity index (χ0v) is 18.2. The molecular weight excluding hydrogens is 465 g/mol. The summed E-state index contributed by atoms with van der Waals surface area (Å²) in [6, 6.07) is 0. The van der Waals surface area contributed by atoms with E-state index in [4.69, 9.17) is 0 Å². The van der Waals surface area contributed by atoms with Gasteiger partial charge in [0, 0.05) is 133 Å². The van der Waals surface area contributed by atoms with E-state index in [2.05, 4.69) is 0 Å². The maximum absolute atomic E-state index is 0. The van der Waals surface area contributed by atoms with Gasteiger partial charge in [0.2, 0.25) is 0 Å². The minimum atomic E-state index is 0. The molecule has 0 saturated heterocycles. The van der Waals surface area contributed by atoms with Gasteiger partial charge < -0.3 is 49.3 Å². The van der Waals surface area contributed by atoms with Crippen LogP contribution in [0.4, 0.5) is 0 Å². The molecule has 0 aliphatic heterocycles. The Labute approximate surface area is 179 Å². The van der Waals surface area contributed by atoms with Gasteiger partial charge in [0.05, 0.1) is 0 Å². The number of rotatable bonds is 0. The van der Waals surface area contributed by atoms with Gasteiger partial charge in [-0.2, -0.15) is 0 Å². The van der Waals surface area contributed by atoms with Crippen LogP contribution >= 0.6 is 0 Å². The Hall–Kier alpha value is 4.02. The van der Waals surface area contributed by atoms with Crippen molar-refractivity contribution >= 4 is 34.7 Å². The second-order valence-corrected chi connectivity index (χ2v) is 0.